The molecule has 0 N–H and O–H groups in total. The molecule has 0 radical (unpaired) electrons. The van der Waals surface area contributed by atoms with Gasteiger partial charge in [-0.1, -0.05) is 128 Å². The van der Waals surface area contributed by atoms with Crippen LogP contribution in [0.4, 0.5) is 0 Å². The molecule has 0 amide bonds. The molecule has 0 aliphatic carbocycles. The van der Waals surface area contributed by atoms with Gasteiger partial charge >= 0.3 is 5.97 Å². The predicted octanol–water partition coefficient (Wildman–Crippen LogP) is 8.64. The topological polar surface area (TPSA) is 35.5 Å². The van der Waals surface area contributed by atoms with Crippen LogP contribution >= 0.6 is 0 Å². The first-order chi connectivity index (χ1) is 16.1. The van der Waals surface area contributed by atoms with Crippen LogP contribution in [0, 0.1) is 11.8 Å². The van der Waals surface area contributed by atoms with Gasteiger partial charge in [0.15, 0.2) is 0 Å². The van der Waals surface area contributed by atoms with Crippen LogP contribution in [0.3, 0.4) is 0 Å². The molecule has 1 unspecified atom stereocenters. The molecular formula is C30H50O3. The van der Waals surface area contributed by atoms with Gasteiger partial charge in [0.25, 0.3) is 0 Å². The average molecular weight is 459 g/mol. The predicted molar refractivity (Wildman–Crippen MR) is 138 cm³/mol. The molecule has 1 heterocycles. The number of hydrogen-bond acceptors (Lipinski definition) is 3. The van der Waals surface area contributed by atoms with E-state index in [0.717, 1.165) is 25.7 Å². The minimum absolute atomic E-state index is 0.00296. The molecule has 0 saturated carbocycles. The van der Waals surface area contributed by atoms with Crippen LogP contribution in [0.15, 0.2) is 30.3 Å². The molecule has 3 nitrogen and oxygen atoms in total. The van der Waals surface area contributed by atoms with Gasteiger partial charge in [-0.15, -0.1) is 0 Å². The molecule has 33 heavy (non-hydrogen) atoms. The zero-order valence-corrected chi connectivity index (χ0v) is 21.7. The fraction of sp³-hybridized carbons (Fsp3) is 0.767. The molecule has 3 heteroatoms. The number of benzene rings is 1. The maximum absolute atomic E-state index is 12.0. The van der Waals surface area contributed by atoms with E-state index in [4.69, 9.17) is 9.47 Å². The summed E-state index contributed by atoms with van der Waals surface area (Å²) in [5.41, 5.74) is 1.21. The van der Waals surface area contributed by atoms with Crippen molar-refractivity contribution in [3.05, 3.63) is 35.9 Å². The number of carbonyl (C=O) groups excluding carboxylic acids is 1. The minimum atomic E-state index is -0.00296. The summed E-state index contributed by atoms with van der Waals surface area (Å²) < 4.78 is 11.9. The zero-order valence-electron chi connectivity index (χ0n) is 21.7. The van der Waals surface area contributed by atoms with Crippen LogP contribution in [0.2, 0.25) is 0 Å². The second kappa shape index (κ2) is 17.1. The van der Waals surface area contributed by atoms with Crippen molar-refractivity contribution in [1.82, 2.24) is 0 Å². The van der Waals surface area contributed by atoms with Crippen LogP contribution in [0.1, 0.15) is 123 Å². The van der Waals surface area contributed by atoms with E-state index in [9.17, 15) is 4.79 Å². The summed E-state index contributed by atoms with van der Waals surface area (Å²) in [6.45, 7) is 7.35. The Bertz CT molecular complexity index is 614. The third-order valence-corrected chi connectivity index (χ3v) is 7.33. The first-order valence-corrected chi connectivity index (χ1v) is 14.0. The van der Waals surface area contributed by atoms with Crippen LogP contribution in [-0.2, 0) is 20.9 Å². The third kappa shape index (κ3) is 11.6. The molecule has 1 saturated heterocycles. The van der Waals surface area contributed by atoms with Crippen molar-refractivity contribution in [3.8, 4) is 0 Å². The monoisotopic (exact) mass is 458 g/mol. The molecular weight excluding hydrogens is 408 g/mol. The lowest BCUT2D eigenvalue weighted by atomic mass is 9.83. The third-order valence-electron chi connectivity index (χ3n) is 7.33. The van der Waals surface area contributed by atoms with E-state index < -0.39 is 0 Å². The number of hydrogen-bond donors (Lipinski definition) is 0. The molecule has 0 bridgehead atoms. The van der Waals surface area contributed by atoms with Crippen LogP contribution in [0.25, 0.3) is 0 Å². The lowest BCUT2D eigenvalue weighted by Gasteiger charge is -2.38. The number of cyclic esters (lactones) is 1. The maximum Gasteiger partial charge on any atom is 0.313 e. The minimum Gasteiger partial charge on any atom is -0.461 e. The fourth-order valence-corrected chi connectivity index (χ4v) is 4.81. The Hall–Kier alpha value is -1.35. The molecule has 1 fully saturated rings. The fourth-order valence-electron chi connectivity index (χ4n) is 4.81. The first-order valence-electron chi connectivity index (χ1n) is 14.0. The van der Waals surface area contributed by atoms with E-state index >= 15 is 0 Å². The maximum atomic E-state index is 12.0. The van der Waals surface area contributed by atoms with Gasteiger partial charge in [0.2, 0.25) is 0 Å². The Balaban J connectivity index is 1.69. The highest BCUT2D eigenvalue weighted by molar-refractivity contribution is 5.78. The molecule has 1 aromatic rings. The summed E-state index contributed by atoms with van der Waals surface area (Å²) in [7, 11) is 0. The van der Waals surface area contributed by atoms with Crippen molar-refractivity contribution in [2.45, 2.75) is 136 Å². The van der Waals surface area contributed by atoms with Gasteiger partial charge in [-0.05, 0) is 24.3 Å². The van der Waals surface area contributed by atoms with E-state index in [1.54, 1.807) is 0 Å². The number of carbonyl (C=O) groups is 1. The molecule has 0 spiro atoms. The van der Waals surface area contributed by atoms with E-state index in [1.165, 1.54) is 76.2 Å². The van der Waals surface area contributed by atoms with Crippen molar-refractivity contribution < 1.29 is 14.3 Å². The Morgan fingerprint density at radius 3 is 2.03 bits per heavy atom. The van der Waals surface area contributed by atoms with Gasteiger partial charge in [-0.25, -0.2) is 0 Å². The zero-order chi connectivity index (χ0) is 23.7. The number of rotatable bonds is 20. The second-order valence-corrected chi connectivity index (χ2v) is 10.3. The van der Waals surface area contributed by atoms with Gasteiger partial charge < -0.3 is 9.47 Å². The van der Waals surface area contributed by atoms with Crippen LogP contribution < -0.4 is 0 Å². The highest BCUT2D eigenvalue weighted by Gasteiger charge is 2.43. The molecule has 188 valence electrons. The Morgan fingerprint density at radius 1 is 0.848 bits per heavy atom. The van der Waals surface area contributed by atoms with Crippen LogP contribution in [0.5, 0.6) is 0 Å². The average Bonchev–Trinajstić information content (AvgIpc) is 2.84. The van der Waals surface area contributed by atoms with E-state index in [0.29, 0.717) is 12.5 Å². The van der Waals surface area contributed by atoms with Crippen molar-refractivity contribution in [3.63, 3.8) is 0 Å². The van der Waals surface area contributed by atoms with Gasteiger partial charge in [0.05, 0.1) is 18.6 Å². The lowest BCUT2D eigenvalue weighted by molar-refractivity contribution is -0.191. The Labute approximate surface area is 204 Å². The van der Waals surface area contributed by atoms with E-state index in [-0.39, 0.29) is 24.1 Å². The van der Waals surface area contributed by atoms with Crippen molar-refractivity contribution in [1.29, 1.82) is 0 Å². The van der Waals surface area contributed by atoms with Crippen molar-refractivity contribution in [2.24, 2.45) is 11.8 Å². The van der Waals surface area contributed by atoms with Crippen molar-refractivity contribution in [2.75, 3.05) is 0 Å². The molecule has 1 aliphatic heterocycles. The SMILES string of the molecule is CCCCCCCCCCCCC[C@@H](C[C@H]1OC(=O)[C@@H]1CC(C)CC)OCc1ccccc1. The van der Waals surface area contributed by atoms with E-state index in [2.05, 4.69) is 45.0 Å². The summed E-state index contributed by atoms with van der Waals surface area (Å²) in [5.74, 6) is 0.637. The standard InChI is InChI=1S/C30H50O3/c1-4-6-7-8-9-10-11-12-13-14-18-21-27(32-24-26-19-16-15-17-20-26)23-29-28(30(31)33-29)22-25(3)5-2/h15-17,19-20,25,27-29H,4-14,18,21-24H2,1-3H3/t25?,27-,28+,29+/m0/s1. The normalized spacial score (nSPS) is 19.7. The highest BCUT2D eigenvalue weighted by Crippen LogP contribution is 2.34. The number of unbranched alkanes of at least 4 members (excludes halogenated alkanes) is 10. The van der Waals surface area contributed by atoms with Gasteiger partial charge in [0.1, 0.15) is 6.10 Å². The smallest absolute Gasteiger partial charge is 0.313 e. The quantitative estimate of drug-likeness (QED) is 0.145. The second-order valence-electron chi connectivity index (χ2n) is 10.3. The summed E-state index contributed by atoms with van der Waals surface area (Å²) in [6.07, 6.45) is 19.1. The summed E-state index contributed by atoms with van der Waals surface area (Å²) >= 11 is 0. The van der Waals surface area contributed by atoms with Gasteiger partial charge in [0, 0.05) is 6.42 Å². The van der Waals surface area contributed by atoms with Crippen LogP contribution in [-0.4, -0.2) is 18.2 Å². The van der Waals surface area contributed by atoms with E-state index in [1.807, 2.05) is 6.07 Å². The van der Waals surface area contributed by atoms with Gasteiger partial charge in [-0.3, -0.25) is 4.79 Å². The summed E-state index contributed by atoms with van der Waals surface area (Å²) in [4.78, 5) is 12.0. The van der Waals surface area contributed by atoms with Crippen molar-refractivity contribution >= 4 is 5.97 Å². The first kappa shape index (κ1) is 27.9. The molecule has 4 atom stereocenters. The summed E-state index contributed by atoms with van der Waals surface area (Å²) in [5, 5.41) is 0. The van der Waals surface area contributed by atoms with Gasteiger partial charge in [-0.2, -0.15) is 0 Å². The Kier molecular flexibility index (Phi) is 14.5. The number of esters is 1. The summed E-state index contributed by atoms with van der Waals surface area (Å²) in [6, 6.07) is 10.4. The molecule has 1 aromatic carbocycles. The number of ether oxygens (including phenoxy) is 2. The molecule has 1 aliphatic rings. The lowest BCUT2D eigenvalue weighted by Crippen LogP contribution is -2.47. The highest BCUT2D eigenvalue weighted by atomic mass is 16.6. The molecule has 0 aromatic heterocycles. The largest absolute Gasteiger partial charge is 0.461 e. The Morgan fingerprint density at radius 2 is 1.45 bits per heavy atom. The molecule has 2 rings (SSSR count).